The van der Waals surface area contributed by atoms with Gasteiger partial charge in [0.2, 0.25) is 0 Å². The molecule has 0 aromatic heterocycles. The zero-order valence-corrected chi connectivity index (χ0v) is 6.92. The van der Waals surface area contributed by atoms with Gasteiger partial charge in [0, 0.05) is 0 Å². The Hall–Kier alpha value is -0.280. The van der Waals surface area contributed by atoms with Gasteiger partial charge in [0.15, 0.2) is 5.72 Å². The molecule has 0 aromatic rings. The van der Waals surface area contributed by atoms with Crippen molar-refractivity contribution in [3.05, 3.63) is 0 Å². The van der Waals surface area contributed by atoms with Crippen molar-refractivity contribution in [1.29, 1.82) is 0 Å². The average Bonchev–Trinajstić information content (AvgIpc) is 2.16. The van der Waals surface area contributed by atoms with E-state index in [0.29, 0.717) is 0 Å². The van der Waals surface area contributed by atoms with E-state index in [1.165, 1.54) is 0 Å². The Morgan fingerprint density at radius 2 is 2.08 bits per heavy atom. The number of ether oxygens (including phenoxy) is 1. The van der Waals surface area contributed by atoms with Crippen LogP contribution >= 0.6 is 0 Å². The number of rotatable bonds is 2. The molecule has 13 heavy (non-hydrogen) atoms. The fourth-order valence-corrected chi connectivity index (χ4v) is 1.22. The first kappa shape index (κ1) is 10.8. The smallest absolute Gasteiger partial charge is 0.183 e. The molecule has 0 saturated carbocycles. The zero-order chi connectivity index (χ0) is 10.1. The highest BCUT2D eigenvalue weighted by atomic mass is 16.6. The van der Waals surface area contributed by atoms with Gasteiger partial charge in [-0.3, -0.25) is 5.84 Å². The maximum Gasteiger partial charge on any atom is 0.183 e. The molecule has 4 atom stereocenters. The fraction of sp³-hybridized carbons (Fsp3) is 1.00. The second kappa shape index (κ2) is 3.84. The molecule has 1 unspecified atom stereocenters. The van der Waals surface area contributed by atoms with Crippen LogP contribution in [0.1, 0.15) is 0 Å². The lowest BCUT2D eigenvalue weighted by atomic mass is 9.95. The van der Waals surface area contributed by atoms with E-state index in [9.17, 15) is 10.2 Å². The summed E-state index contributed by atoms with van der Waals surface area (Å²) in [5.41, 5.74) is 0.476. The maximum atomic E-state index is 9.42. The summed E-state index contributed by atoms with van der Waals surface area (Å²) in [4.78, 5) is 0. The first-order chi connectivity index (χ1) is 6.07. The van der Waals surface area contributed by atoms with Gasteiger partial charge in [0.25, 0.3) is 0 Å². The van der Waals surface area contributed by atoms with Crippen LogP contribution in [0.3, 0.4) is 0 Å². The summed E-state index contributed by atoms with van der Waals surface area (Å²) < 4.78 is 4.91. The SMILES string of the molecule is NNC1(CO)OC[C@@H](O)[C@@H](O)[C@@H]1O. The van der Waals surface area contributed by atoms with Crippen molar-refractivity contribution in [3.8, 4) is 0 Å². The Morgan fingerprint density at radius 1 is 1.46 bits per heavy atom. The topological polar surface area (TPSA) is 128 Å². The maximum absolute atomic E-state index is 9.42. The molecule has 7 N–H and O–H groups in total. The van der Waals surface area contributed by atoms with Crippen molar-refractivity contribution in [2.24, 2.45) is 5.84 Å². The molecule has 1 saturated heterocycles. The van der Waals surface area contributed by atoms with Crippen molar-refractivity contribution < 1.29 is 25.2 Å². The Kier molecular flexibility index (Phi) is 3.19. The van der Waals surface area contributed by atoms with E-state index in [1.807, 2.05) is 0 Å². The predicted octanol–water partition coefficient (Wildman–Crippen LogP) is -3.75. The monoisotopic (exact) mass is 194 g/mol. The minimum Gasteiger partial charge on any atom is -0.392 e. The molecule has 7 nitrogen and oxygen atoms in total. The van der Waals surface area contributed by atoms with E-state index in [0.717, 1.165) is 0 Å². The van der Waals surface area contributed by atoms with Crippen molar-refractivity contribution in [2.75, 3.05) is 13.2 Å². The third-order valence-corrected chi connectivity index (χ3v) is 2.19. The summed E-state index contributed by atoms with van der Waals surface area (Å²) in [5.74, 6) is 5.06. The van der Waals surface area contributed by atoms with Gasteiger partial charge in [-0.1, -0.05) is 0 Å². The Labute approximate surface area is 74.7 Å². The van der Waals surface area contributed by atoms with Crippen LogP contribution in [0.2, 0.25) is 0 Å². The molecule has 1 aliphatic heterocycles. The fourth-order valence-electron chi connectivity index (χ4n) is 1.22. The van der Waals surface area contributed by atoms with Crippen molar-refractivity contribution in [1.82, 2.24) is 5.43 Å². The summed E-state index contributed by atoms with van der Waals surface area (Å²) in [6.45, 7) is -0.808. The first-order valence-corrected chi connectivity index (χ1v) is 3.84. The highest BCUT2D eigenvalue weighted by Gasteiger charge is 2.48. The van der Waals surface area contributed by atoms with E-state index in [4.69, 9.17) is 20.8 Å². The molecule has 1 heterocycles. The van der Waals surface area contributed by atoms with Gasteiger partial charge in [-0.05, 0) is 0 Å². The zero-order valence-electron chi connectivity index (χ0n) is 6.92. The van der Waals surface area contributed by atoms with Crippen molar-refractivity contribution >= 4 is 0 Å². The molecule has 1 rings (SSSR count). The molecule has 7 heteroatoms. The molecule has 0 spiro atoms. The minimum absolute atomic E-state index is 0.205. The molecule has 0 radical (unpaired) electrons. The Bertz CT molecular complexity index is 174. The second-order valence-electron chi connectivity index (χ2n) is 3.01. The summed E-state index contributed by atoms with van der Waals surface area (Å²) in [6.07, 6.45) is -4.05. The van der Waals surface area contributed by atoms with E-state index in [2.05, 4.69) is 5.43 Å². The van der Waals surface area contributed by atoms with Crippen LogP contribution in [0, 0.1) is 0 Å². The van der Waals surface area contributed by atoms with Crippen LogP contribution in [-0.4, -0.2) is 57.7 Å². The number of aliphatic hydroxyl groups excluding tert-OH is 4. The second-order valence-corrected chi connectivity index (χ2v) is 3.01. The third-order valence-electron chi connectivity index (χ3n) is 2.19. The van der Waals surface area contributed by atoms with E-state index < -0.39 is 30.6 Å². The van der Waals surface area contributed by atoms with Crippen LogP contribution in [0.4, 0.5) is 0 Å². The Morgan fingerprint density at radius 3 is 2.54 bits per heavy atom. The quantitative estimate of drug-likeness (QED) is 0.197. The van der Waals surface area contributed by atoms with Gasteiger partial charge in [-0.25, -0.2) is 5.43 Å². The average molecular weight is 194 g/mol. The number of nitrogens with one attached hydrogen (secondary N) is 1. The molecule has 1 fully saturated rings. The van der Waals surface area contributed by atoms with Gasteiger partial charge < -0.3 is 25.2 Å². The number of aliphatic hydroxyl groups is 4. The van der Waals surface area contributed by atoms with Crippen molar-refractivity contribution in [2.45, 2.75) is 24.0 Å². The van der Waals surface area contributed by atoms with Gasteiger partial charge in [-0.15, -0.1) is 0 Å². The van der Waals surface area contributed by atoms with Gasteiger partial charge >= 0.3 is 0 Å². The molecule has 0 bridgehead atoms. The molecular formula is C6H14N2O5. The largest absolute Gasteiger partial charge is 0.392 e. The first-order valence-electron chi connectivity index (χ1n) is 3.84. The van der Waals surface area contributed by atoms with Gasteiger partial charge in [0.1, 0.15) is 18.3 Å². The van der Waals surface area contributed by atoms with Crippen LogP contribution in [0.25, 0.3) is 0 Å². The Balaban J connectivity index is 2.77. The van der Waals surface area contributed by atoms with Crippen LogP contribution in [0.5, 0.6) is 0 Å². The van der Waals surface area contributed by atoms with Crippen LogP contribution in [-0.2, 0) is 4.74 Å². The lowest BCUT2D eigenvalue weighted by Crippen LogP contribution is -2.70. The minimum atomic E-state index is -1.60. The molecule has 0 aromatic carbocycles. The number of hydrogen-bond donors (Lipinski definition) is 6. The van der Waals surface area contributed by atoms with Crippen LogP contribution < -0.4 is 11.3 Å². The van der Waals surface area contributed by atoms with Gasteiger partial charge in [0.05, 0.1) is 13.2 Å². The van der Waals surface area contributed by atoms with Gasteiger partial charge in [-0.2, -0.15) is 0 Å². The van der Waals surface area contributed by atoms with E-state index in [1.54, 1.807) is 0 Å². The summed E-state index contributed by atoms with van der Waals surface area (Å²) in [6, 6.07) is 0. The predicted molar refractivity (Wildman–Crippen MR) is 41.1 cm³/mol. The lowest BCUT2D eigenvalue weighted by molar-refractivity contribution is -0.259. The number of hydrazine groups is 1. The highest BCUT2D eigenvalue weighted by Crippen LogP contribution is 2.22. The van der Waals surface area contributed by atoms with E-state index >= 15 is 0 Å². The highest BCUT2D eigenvalue weighted by molar-refractivity contribution is 4.95. The lowest BCUT2D eigenvalue weighted by Gasteiger charge is -2.43. The number of nitrogens with two attached hydrogens (primary N) is 1. The van der Waals surface area contributed by atoms with Crippen LogP contribution in [0.15, 0.2) is 0 Å². The summed E-state index contributed by atoms with van der Waals surface area (Å²) in [7, 11) is 0. The molecule has 1 aliphatic rings. The molecule has 78 valence electrons. The molecule has 0 amide bonds. The molecular weight excluding hydrogens is 180 g/mol. The third kappa shape index (κ3) is 1.67. The number of hydrogen-bond acceptors (Lipinski definition) is 7. The normalized spacial score (nSPS) is 46.4. The molecule has 0 aliphatic carbocycles. The van der Waals surface area contributed by atoms with Crippen molar-refractivity contribution in [3.63, 3.8) is 0 Å². The summed E-state index contributed by atoms with van der Waals surface area (Å²) in [5, 5.41) is 36.7. The van der Waals surface area contributed by atoms with E-state index in [-0.39, 0.29) is 6.61 Å². The standard InChI is InChI=1S/C6H14N2O5/c7-8-6(2-9)5(12)4(11)3(10)1-13-6/h3-5,8-12H,1-2,7H2/t3-,4-,5+,6?/m1/s1. The summed E-state index contributed by atoms with van der Waals surface area (Å²) >= 11 is 0.